The summed E-state index contributed by atoms with van der Waals surface area (Å²) in [6.07, 6.45) is 3.20. The van der Waals surface area contributed by atoms with Crippen molar-refractivity contribution in [3.8, 4) is 0 Å². The van der Waals surface area contributed by atoms with Crippen LogP contribution in [0.3, 0.4) is 0 Å². The second-order valence-corrected chi connectivity index (χ2v) is 4.10. The summed E-state index contributed by atoms with van der Waals surface area (Å²) in [4.78, 5) is 17.5. The van der Waals surface area contributed by atoms with Gasteiger partial charge in [0.1, 0.15) is 10.8 Å². The van der Waals surface area contributed by atoms with E-state index in [0.29, 0.717) is 12.4 Å². The van der Waals surface area contributed by atoms with Crippen molar-refractivity contribution in [2.24, 2.45) is 4.99 Å². The molecule has 0 bridgehead atoms. The fraction of sp³-hybridized carbons (Fsp3) is 0.273. The molecule has 1 aliphatic rings. The van der Waals surface area contributed by atoms with Gasteiger partial charge in [-0.2, -0.15) is 0 Å². The lowest BCUT2D eigenvalue weighted by Crippen LogP contribution is -2.35. The normalized spacial score (nSPS) is 14.1. The number of hydrogen-bond donors (Lipinski definition) is 0. The average Bonchev–Trinajstić information content (AvgIpc) is 2.62. The number of amidine groups is 1. The van der Waals surface area contributed by atoms with Crippen LogP contribution in [0.2, 0.25) is 0 Å². The lowest BCUT2D eigenvalue weighted by molar-refractivity contribution is 0.163. The Kier molecular flexibility index (Phi) is 3.05. The predicted octanol–water partition coefficient (Wildman–Crippen LogP) is 3.11. The molecular weight excluding hydrogens is 224 g/mol. The number of nitrogens with zero attached hydrogens (tertiary/aromatic N) is 2. The van der Waals surface area contributed by atoms with E-state index in [2.05, 4.69) is 4.99 Å². The third-order valence-corrected chi connectivity index (χ3v) is 3.08. The van der Waals surface area contributed by atoms with Crippen molar-refractivity contribution in [2.45, 2.75) is 13.8 Å². The first-order chi connectivity index (χ1) is 7.74. The molecule has 0 fully saturated rings. The Hall–Kier alpha value is -1.62. The van der Waals surface area contributed by atoms with Crippen LogP contribution in [0.15, 0.2) is 22.6 Å². The van der Waals surface area contributed by atoms with Crippen LogP contribution in [0.4, 0.5) is 9.80 Å². The summed E-state index contributed by atoms with van der Waals surface area (Å²) >= 11 is 1.50. The summed E-state index contributed by atoms with van der Waals surface area (Å²) in [7, 11) is 0. The lowest BCUT2D eigenvalue weighted by Gasteiger charge is -2.19. The molecule has 2 heterocycles. The first-order valence-electron chi connectivity index (χ1n) is 4.99. The number of anilines is 1. The molecule has 1 aromatic heterocycles. The van der Waals surface area contributed by atoms with Crippen molar-refractivity contribution < 1.29 is 9.53 Å². The molecule has 5 heteroatoms. The number of ether oxygens (including phenoxy) is 1. The zero-order valence-electron chi connectivity index (χ0n) is 9.14. The molecule has 0 atom stereocenters. The number of rotatable bonds is 1. The van der Waals surface area contributed by atoms with E-state index < -0.39 is 0 Å². The molecule has 16 heavy (non-hydrogen) atoms. The van der Waals surface area contributed by atoms with Crippen LogP contribution in [0.5, 0.6) is 0 Å². The maximum atomic E-state index is 11.8. The van der Waals surface area contributed by atoms with Crippen molar-refractivity contribution >= 4 is 34.3 Å². The number of fused-ring (bicyclic) bond motifs is 1. The van der Waals surface area contributed by atoms with Gasteiger partial charge in [0.2, 0.25) is 0 Å². The van der Waals surface area contributed by atoms with Gasteiger partial charge in [-0.05, 0) is 31.4 Å². The number of aliphatic imine (C=N–C) groups is 1. The third-order valence-electron chi connectivity index (χ3n) is 2.17. The zero-order chi connectivity index (χ0) is 11.5. The predicted molar refractivity (Wildman–Crippen MR) is 66.0 cm³/mol. The maximum absolute atomic E-state index is 11.8. The highest BCUT2D eigenvalue weighted by Crippen LogP contribution is 2.31. The highest BCUT2D eigenvalue weighted by atomic mass is 32.1. The summed E-state index contributed by atoms with van der Waals surface area (Å²) in [6, 6.07) is 1.96. The van der Waals surface area contributed by atoms with Gasteiger partial charge in [-0.3, -0.25) is 0 Å². The standard InChI is InChI=1S/C11H12N2O2S/c1-3-15-11(14)13-8(2)12-6-4-9-5-7-16-10(9)13/h4-7H,3H2,1-2H3. The van der Waals surface area contributed by atoms with Gasteiger partial charge >= 0.3 is 6.09 Å². The van der Waals surface area contributed by atoms with Crippen LogP contribution in [0, 0.1) is 0 Å². The Balaban J connectivity index is 2.41. The minimum Gasteiger partial charge on any atom is -0.449 e. The fourth-order valence-corrected chi connectivity index (χ4v) is 2.38. The van der Waals surface area contributed by atoms with E-state index in [1.54, 1.807) is 20.0 Å². The zero-order valence-corrected chi connectivity index (χ0v) is 9.95. The highest BCUT2D eigenvalue weighted by Gasteiger charge is 2.24. The molecule has 0 saturated heterocycles. The monoisotopic (exact) mass is 236 g/mol. The van der Waals surface area contributed by atoms with Gasteiger partial charge in [0, 0.05) is 11.8 Å². The lowest BCUT2D eigenvalue weighted by atomic mass is 10.3. The van der Waals surface area contributed by atoms with Gasteiger partial charge in [0.15, 0.2) is 0 Å². The van der Waals surface area contributed by atoms with Crippen LogP contribution in [-0.4, -0.2) is 18.5 Å². The van der Waals surface area contributed by atoms with E-state index in [1.165, 1.54) is 16.2 Å². The quantitative estimate of drug-likeness (QED) is 0.751. The minimum absolute atomic E-state index is 0.358. The molecule has 4 nitrogen and oxygen atoms in total. The molecule has 1 amide bonds. The fourth-order valence-electron chi connectivity index (χ4n) is 1.45. The molecule has 0 saturated carbocycles. The molecular formula is C11H12N2O2S. The Morgan fingerprint density at radius 3 is 3.19 bits per heavy atom. The first-order valence-corrected chi connectivity index (χ1v) is 5.87. The van der Waals surface area contributed by atoms with Crippen molar-refractivity contribution in [1.29, 1.82) is 0 Å². The molecule has 1 aromatic rings. The van der Waals surface area contributed by atoms with Crippen LogP contribution in [0.1, 0.15) is 19.4 Å². The van der Waals surface area contributed by atoms with Gasteiger partial charge in [0.25, 0.3) is 0 Å². The molecule has 0 N–H and O–H groups in total. The summed E-state index contributed by atoms with van der Waals surface area (Å²) in [6.45, 7) is 3.93. The van der Waals surface area contributed by atoms with E-state index >= 15 is 0 Å². The van der Waals surface area contributed by atoms with Crippen LogP contribution < -0.4 is 4.90 Å². The third kappa shape index (κ3) is 1.86. The van der Waals surface area contributed by atoms with E-state index in [4.69, 9.17) is 4.74 Å². The van der Waals surface area contributed by atoms with E-state index in [1.807, 2.05) is 17.5 Å². The van der Waals surface area contributed by atoms with Crippen molar-refractivity contribution in [3.63, 3.8) is 0 Å². The number of hydrogen-bond acceptors (Lipinski definition) is 4. The minimum atomic E-state index is -0.379. The van der Waals surface area contributed by atoms with Gasteiger partial charge in [-0.15, -0.1) is 11.3 Å². The molecule has 1 aliphatic heterocycles. The van der Waals surface area contributed by atoms with Gasteiger partial charge < -0.3 is 4.74 Å². The van der Waals surface area contributed by atoms with Gasteiger partial charge in [-0.25, -0.2) is 14.7 Å². The molecule has 0 aromatic carbocycles. The number of carbonyl (C=O) groups is 1. The molecule has 0 radical (unpaired) electrons. The molecule has 2 rings (SSSR count). The van der Waals surface area contributed by atoms with Crippen LogP contribution in [0.25, 0.3) is 6.08 Å². The number of thiophene rings is 1. The Morgan fingerprint density at radius 1 is 1.62 bits per heavy atom. The van der Waals surface area contributed by atoms with Crippen molar-refractivity contribution in [2.75, 3.05) is 11.5 Å². The average molecular weight is 236 g/mol. The second-order valence-electron chi connectivity index (χ2n) is 3.21. The SMILES string of the molecule is CCOC(=O)N1C(C)=NC=Cc2ccsc21. The molecule has 0 unspecified atom stereocenters. The van der Waals surface area contributed by atoms with Crippen LogP contribution in [-0.2, 0) is 4.74 Å². The Labute approximate surface area is 97.9 Å². The topological polar surface area (TPSA) is 41.9 Å². The second kappa shape index (κ2) is 4.49. The van der Waals surface area contributed by atoms with Crippen LogP contribution >= 0.6 is 11.3 Å². The first kappa shape index (κ1) is 10.9. The van der Waals surface area contributed by atoms with E-state index in [0.717, 1.165) is 10.6 Å². The van der Waals surface area contributed by atoms with Crippen molar-refractivity contribution in [1.82, 2.24) is 0 Å². The Morgan fingerprint density at radius 2 is 2.44 bits per heavy atom. The van der Waals surface area contributed by atoms with E-state index in [9.17, 15) is 4.79 Å². The summed E-state index contributed by atoms with van der Waals surface area (Å²) in [5.74, 6) is 0.621. The highest BCUT2D eigenvalue weighted by molar-refractivity contribution is 7.15. The van der Waals surface area contributed by atoms with Gasteiger partial charge in [0.05, 0.1) is 6.61 Å². The summed E-state index contributed by atoms with van der Waals surface area (Å²) < 4.78 is 5.02. The largest absolute Gasteiger partial charge is 0.449 e. The smallest absolute Gasteiger partial charge is 0.420 e. The molecule has 0 aliphatic carbocycles. The molecule has 84 valence electrons. The summed E-state index contributed by atoms with van der Waals surface area (Å²) in [5.41, 5.74) is 0.985. The van der Waals surface area contributed by atoms with Crippen molar-refractivity contribution in [3.05, 3.63) is 23.2 Å². The van der Waals surface area contributed by atoms with E-state index in [-0.39, 0.29) is 6.09 Å². The summed E-state index contributed by atoms with van der Waals surface area (Å²) in [5, 5.41) is 2.80. The Bertz CT molecular complexity index is 462. The number of carbonyl (C=O) groups excluding carboxylic acids is 1. The number of amides is 1. The molecule has 0 spiro atoms. The maximum Gasteiger partial charge on any atom is 0.420 e. The van der Waals surface area contributed by atoms with Gasteiger partial charge in [-0.1, -0.05) is 0 Å².